The van der Waals surface area contributed by atoms with Crippen molar-refractivity contribution >= 4 is 5.69 Å². The third kappa shape index (κ3) is 3.66. The number of aromatic nitrogens is 3. The van der Waals surface area contributed by atoms with Gasteiger partial charge in [-0.1, -0.05) is 6.07 Å². The molecule has 0 saturated heterocycles. The van der Waals surface area contributed by atoms with E-state index in [1.807, 2.05) is 6.92 Å². The van der Waals surface area contributed by atoms with Crippen LogP contribution in [0.1, 0.15) is 42.3 Å². The number of rotatable bonds is 0. The molecule has 1 aromatic carbocycles. The molecule has 4 rings (SSSR count). The van der Waals surface area contributed by atoms with Gasteiger partial charge in [0.2, 0.25) is 5.88 Å². The Morgan fingerprint density at radius 2 is 1.97 bits per heavy atom. The second kappa shape index (κ2) is 7.73. The molecule has 2 atom stereocenters. The van der Waals surface area contributed by atoms with Gasteiger partial charge in [0.05, 0.1) is 11.8 Å². The van der Waals surface area contributed by atoms with E-state index in [0.29, 0.717) is 30.4 Å². The quantitative estimate of drug-likeness (QED) is 0.495. The van der Waals surface area contributed by atoms with Gasteiger partial charge in [0.25, 0.3) is 17.4 Å². The van der Waals surface area contributed by atoms with Gasteiger partial charge in [-0.3, -0.25) is 0 Å². The maximum absolute atomic E-state index is 14.6. The van der Waals surface area contributed by atoms with Crippen LogP contribution in [-0.2, 0) is 12.0 Å². The van der Waals surface area contributed by atoms with Crippen molar-refractivity contribution in [2.75, 3.05) is 5.73 Å². The van der Waals surface area contributed by atoms with E-state index in [0.717, 1.165) is 12.1 Å². The molecule has 11 heteroatoms. The van der Waals surface area contributed by atoms with E-state index in [1.54, 1.807) is 6.92 Å². The number of aliphatic hydroxyl groups is 1. The predicted octanol–water partition coefficient (Wildman–Crippen LogP) is 4.06. The lowest BCUT2D eigenvalue weighted by molar-refractivity contribution is -0.256. The van der Waals surface area contributed by atoms with Crippen LogP contribution in [0.15, 0.2) is 28.7 Å². The van der Waals surface area contributed by atoms with Crippen molar-refractivity contribution in [1.29, 1.82) is 0 Å². The van der Waals surface area contributed by atoms with Crippen molar-refractivity contribution in [3.05, 3.63) is 52.7 Å². The van der Waals surface area contributed by atoms with Crippen LogP contribution in [-0.4, -0.2) is 32.6 Å². The summed E-state index contributed by atoms with van der Waals surface area (Å²) >= 11 is 0. The molecule has 7 nitrogen and oxygen atoms in total. The fourth-order valence-corrected chi connectivity index (χ4v) is 3.61. The first-order valence-corrected chi connectivity index (χ1v) is 9.87. The largest absolute Gasteiger partial charge is 0.474 e. The lowest BCUT2D eigenvalue weighted by atomic mass is 9.90. The minimum absolute atomic E-state index is 0.0609. The van der Waals surface area contributed by atoms with Gasteiger partial charge in [0, 0.05) is 11.1 Å². The number of aryl methyl sites for hydroxylation is 2. The highest BCUT2D eigenvalue weighted by Crippen LogP contribution is 2.45. The fraction of sp³-hybridized carbons (Fsp3) is 0.381. The number of nitrogens with two attached hydrogens (primary N) is 1. The summed E-state index contributed by atoms with van der Waals surface area (Å²) in [6.45, 7) is 3.55. The number of nitrogen functional groups attached to an aromatic ring is 1. The highest BCUT2D eigenvalue weighted by Gasteiger charge is 2.61. The van der Waals surface area contributed by atoms with Gasteiger partial charge in [-0.15, -0.1) is 10.2 Å². The fourth-order valence-electron chi connectivity index (χ4n) is 3.61. The van der Waals surface area contributed by atoms with Crippen LogP contribution >= 0.6 is 0 Å². The third-order valence-electron chi connectivity index (χ3n) is 5.35. The molecule has 0 radical (unpaired) electrons. The first-order chi connectivity index (χ1) is 15.0. The highest BCUT2D eigenvalue weighted by atomic mass is 19.4. The van der Waals surface area contributed by atoms with E-state index in [2.05, 4.69) is 15.2 Å². The minimum Gasteiger partial charge on any atom is -0.474 e. The van der Waals surface area contributed by atoms with Gasteiger partial charge in [0.1, 0.15) is 5.82 Å². The number of hydrogen-bond donors (Lipinski definition) is 2. The topological polar surface area (TPSA) is 107 Å². The van der Waals surface area contributed by atoms with Crippen molar-refractivity contribution in [3.63, 3.8) is 0 Å². The van der Waals surface area contributed by atoms with Crippen molar-refractivity contribution in [1.82, 2.24) is 15.2 Å². The molecule has 3 N–H and O–H groups in total. The molecule has 170 valence electrons. The van der Waals surface area contributed by atoms with Crippen LogP contribution in [0.3, 0.4) is 0 Å². The number of alkyl halides is 3. The molecule has 1 unspecified atom stereocenters. The van der Waals surface area contributed by atoms with E-state index in [9.17, 15) is 22.7 Å². The first kappa shape index (κ1) is 22.0. The second-order valence-electron chi connectivity index (χ2n) is 7.80. The summed E-state index contributed by atoms with van der Waals surface area (Å²) in [5, 5.41) is 17.7. The zero-order valence-corrected chi connectivity index (χ0v) is 17.2. The van der Waals surface area contributed by atoms with E-state index in [4.69, 9.17) is 14.9 Å². The molecule has 1 aliphatic heterocycles. The van der Waals surface area contributed by atoms with Crippen molar-refractivity contribution in [3.8, 4) is 17.5 Å². The predicted molar refractivity (Wildman–Crippen MR) is 105 cm³/mol. The highest BCUT2D eigenvalue weighted by molar-refractivity contribution is 5.68. The van der Waals surface area contributed by atoms with E-state index < -0.39 is 34.9 Å². The number of hydrogen-bond acceptors (Lipinski definition) is 7. The van der Waals surface area contributed by atoms with E-state index in [1.165, 1.54) is 12.1 Å². The average Bonchev–Trinajstić information content (AvgIpc) is 3.19. The number of halogens is 4. The van der Waals surface area contributed by atoms with Gasteiger partial charge in [-0.2, -0.15) is 13.2 Å². The van der Waals surface area contributed by atoms with Crippen LogP contribution in [0.2, 0.25) is 0 Å². The zero-order chi connectivity index (χ0) is 23.3. The maximum atomic E-state index is 14.6. The molecule has 32 heavy (non-hydrogen) atoms. The van der Waals surface area contributed by atoms with Crippen molar-refractivity contribution in [2.45, 2.75) is 51.0 Å². The Bertz CT molecular complexity index is 1160. The van der Waals surface area contributed by atoms with E-state index in [-0.39, 0.29) is 23.4 Å². The summed E-state index contributed by atoms with van der Waals surface area (Å²) in [5.41, 5.74) is 2.05. The Hall–Kier alpha value is -3.21. The molecule has 3 heterocycles. The van der Waals surface area contributed by atoms with Gasteiger partial charge < -0.3 is 20.0 Å². The molecule has 6 bridgehead atoms. The number of anilines is 1. The molecule has 2 aromatic heterocycles. The normalized spacial score (nSPS) is 21.4. The maximum Gasteiger partial charge on any atom is 0.430 e. The Morgan fingerprint density at radius 3 is 2.69 bits per heavy atom. The molecule has 0 fully saturated rings. The monoisotopic (exact) mass is 452 g/mol. The SMILES string of the molecule is Cc1cc(N)c2nc1O[C@H](C)CCCc1ccc(F)c(c1)C(O)(C(F)(F)F)c1nnc-2o1. The third-order valence-corrected chi connectivity index (χ3v) is 5.35. The first-order valence-electron chi connectivity index (χ1n) is 9.87. The van der Waals surface area contributed by atoms with Crippen LogP contribution in [0.5, 0.6) is 5.88 Å². The van der Waals surface area contributed by atoms with Gasteiger partial charge in [0.15, 0.2) is 5.69 Å². The standard InChI is InChI=1S/C21H20F4N4O3/c1-10-8-15(26)16-18-28-29-19(32-18)20(30,21(23,24)25)13-9-12(6-7-14(13)22)5-3-4-11(2)31-17(10)27-16/h6-9,11,30H,3-5,26H2,1-2H3/t11-,20?/m1/s1. The smallest absolute Gasteiger partial charge is 0.430 e. The lowest BCUT2D eigenvalue weighted by Crippen LogP contribution is -2.44. The van der Waals surface area contributed by atoms with Crippen LogP contribution in [0.4, 0.5) is 23.2 Å². The van der Waals surface area contributed by atoms with Crippen LogP contribution in [0.25, 0.3) is 11.6 Å². The Kier molecular flexibility index (Phi) is 5.32. The Labute approximate surface area is 180 Å². The van der Waals surface area contributed by atoms with E-state index >= 15 is 0 Å². The van der Waals surface area contributed by atoms with Gasteiger partial charge >= 0.3 is 6.18 Å². The minimum atomic E-state index is -5.36. The summed E-state index contributed by atoms with van der Waals surface area (Å²) in [4.78, 5) is 4.25. The number of benzene rings is 1. The number of ether oxygens (including phenoxy) is 1. The number of nitrogens with zero attached hydrogens (tertiary/aromatic N) is 3. The molecular weight excluding hydrogens is 432 g/mol. The van der Waals surface area contributed by atoms with Gasteiger partial charge in [-0.05, 0) is 56.9 Å². The summed E-state index contributed by atoms with van der Waals surface area (Å²) in [7, 11) is 0. The van der Waals surface area contributed by atoms with Crippen molar-refractivity contribution in [2.24, 2.45) is 0 Å². The number of pyridine rings is 1. The Balaban J connectivity index is 1.97. The van der Waals surface area contributed by atoms with Crippen LogP contribution < -0.4 is 10.5 Å². The molecule has 0 spiro atoms. The summed E-state index contributed by atoms with van der Waals surface area (Å²) in [5.74, 6) is -2.76. The number of fused-ring (bicyclic) bond motifs is 7. The Morgan fingerprint density at radius 1 is 1.22 bits per heavy atom. The van der Waals surface area contributed by atoms with Crippen molar-refractivity contribution < 1.29 is 31.8 Å². The lowest BCUT2D eigenvalue weighted by Gasteiger charge is -2.28. The second-order valence-corrected chi connectivity index (χ2v) is 7.80. The van der Waals surface area contributed by atoms with Crippen LogP contribution in [0, 0.1) is 12.7 Å². The molecule has 0 saturated carbocycles. The zero-order valence-electron chi connectivity index (χ0n) is 17.2. The summed E-state index contributed by atoms with van der Waals surface area (Å²) in [6.07, 6.45) is -4.20. The van der Waals surface area contributed by atoms with Gasteiger partial charge in [-0.25, -0.2) is 9.37 Å². The molecular formula is C21H20F4N4O3. The summed E-state index contributed by atoms with van der Waals surface area (Å²) < 4.78 is 68.0. The molecule has 1 aliphatic rings. The molecule has 0 aliphatic carbocycles. The molecule has 3 aromatic rings. The molecule has 0 amide bonds. The summed E-state index contributed by atoms with van der Waals surface area (Å²) in [6, 6.07) is 4.73. The average molecular weight is 452 g/mol.